The van der Waals surface area contributed by atoms with Gasteiger partial charge in [0.1, 0.15) is 5.52 Å². The number of methoxy groups -OCH3 is 1. The van der Waals surface area contributed by atoms with E-state index in [9.17, 15) is 9.59 Å². The smallest absolute Gasteiger partial charge is 0.293 e. The molecule has 1 aliphatic heterocycles. The second-order valence-electron chi connectivity index (χ2n) is 8.60. The lowest BCUT2D eigenvalue weighted by molar-refractivity contribution is -0.129. The molecule has 186 valence electrons. The molecule has 10 nitrogen and oxygen atoms in total. The number of rotatable bonds is 9. The van der Waals surface area contributed by atoms with Crippen molar-refractivity contribution in [3.63, 3.8) is 0 Å². The minimum Gasteiger partial charge on any atom is -0.481 e. The lowest BCUT2D eigenvalue weighted by Gasteiger charge is -2.31. The fraction of sp³-hybridized carbons (Fsp3) is 0.480. The van der Waals surface area contributed by atoms with Crippen molar-refractivity contribution in [2.75, 3.05) is 38.7 Å². The minimum atomic E-state index is -0.198. The SMILES string of the molecule is CCCOCCn1c(=O)c(NC2CCN(C(C)=O)CC2)nc2cnc(-c3ccc(OC)nc3)cc21. The van der Waals surface area contributed by atoms with Crippen LogP contribution in [0.2, 0.25) is 0 Å². The van der Waals surface area contributed by atoms with E-state index >= 15 is 0 Å². The molecule has 1 fully saturated rings. The summed E-state index contributed by atoms with van der Waals surface area (Å²) in [6.07, 6.45) is 5.81. The molecule has 0 saturated carbocycles. The highest BCUT2D eigenvalue weighted by Crippen LogP contribution is 2.23. The average Bonchev–Trinajstić information content (AvgIpc) is 2.88. The molecule has 3 aromatic rings. The maximum atomic E-state index is 13.5. The van der Waals surface area contributed by atoms with Crippen molar-refractivity contribution >= 4 is 22.8 Å². The van der Waals surface area contributed by atoms with E-state index in [1.807, 2.05) is 24.0 Å². The predicted molar refractivity (Wildman–Crippen MR) is 134 cm³/mol. The van der Waals surface area contributed by atoms with Gasteiger partial charge < -0.3 is 24.3 Å². The van der Waals surface area contributed by atoms with Crippen LogP contribution in [0.5, 0.6) is 5.88 Å². The molecule has 0 spiro atoms. The summed E-state index contributed by atoms with van der Waals surface area (Å²) in [5.41, 5.74) is 2.61. The molecule has 0 aliphatic carbocycles. The molecule has 1 saturated heterocycles. The van der Waals surface area contributed by atoms with E-state index in [4.69, 9.17) is 9.47 Å². The van der Waals surface area contributed by atoms with Gasteiger partial charge in [-0.25, -0.2) is 9.97 Å². The Balaban J connectivity index is 1.66. The monoisotopic (exact) mass is 480 g/mol. The number of nitrogens with zero attached hydrogens (tertiary/aromatic N) is 5. The van der Waals surface area contributed by atoms with Crippen LogP contribution >= 0.6 is 0 Å². The number of nitrogens with one attached hydrogen (secondary N) is 1. The molecule has 0 unspecified atom stereocenters. The Morgan fingerprint density at radius 1 is 1.17 bits per heavy atom. The first-order chi connectivity index (χ1) is 17.0. The van der Waals surface area contributed by atoms with Gasteiger partial charge in [-0.1, -0.05) is 6.92 Å². The Morgan fingerprint density at radius 2 is 1.97 bits per heavy atom. The van der Waals surface area contributed by atoms with Crippen molar-refractivity contribution in [3.8, 4) is 17.1 Å². The average molecular weight is 481 g/mol. The number of fused-ring (bicyclic) bond motifs is 1. The maximum absolute atomic E-state index is 13.5. The van der Waals surface area contributed by atoms with E-state index in [1.165, 1.54) is 0 Å². The molecule has 1 N–H and O–H groups in total. The summed E-state index contributed by atoms with van der Waals surface area (Å²) in [4.78, 5) is 40.4. The first-order valence-electron chi connectivity index (χ1n) is 12.0. The lowest BCUT2D eigenvalue weighted by atomic mass is 10.1. The van der Waals surface area contributed by atoms with Crippen LogP contribution in [0.1, 0.15) is 33.1 Å². The molecule has 0 bridgehead atoms. The number of carbonyl (C=O) groups is 1. The second-order valence-corrected chi connectivity index (χ2v) is 8.60. The van der Waals surface area contributed by atoms with Crippen LogP contribution in [0, 0.1) is 0 Å². The van der Waals surface area contributed by atoms with E-state index in [2.05, 4.69) is 20.3 Å². The van der Waals surface area contributed by atoms with Crippen molar-refractivity contribution in [3.05, 3.63) is 40.9 Å². The largest absolute Gasteiger partial charge is 0.481 e. The maximum Gasteiger partial charge on any atom is 0.293 e. The lowest BCUT2D eigenvalue weighted by Crippen LogP contribution is -2.42. The standard InChI is InChI=1S/C25H32N6O4/c1-4-12-35-13-11-31-22-14-20(18-5-6-23(34-3)27-15-18)26-16-21(22)29-24(25(31)33)28-19-7-9-30(10-8-19)17(2)32/h5-6,14-16,19H,4,7-13H2,1-3H3,(H,28,29). The Kier molecular flexibility index (Phi) is 7.91. The Labute approximate surface area is 204 Å². The summed E-state index contributed by atoms with van der Waals surface area (Å²) >= 11 is 0. The number of aromatic nitrogens is 4. The summed E-state index contributed by atoms with van der Waals surface area (Å²) in [7, 11) is 1.57. The molecule has 4 rings (SSSR count). The molecule has 0 radical (unpaired) electrons. The number of piperidine rings is 1. The van der Waals surface area contributed by atoms with E-state index in [0.717, 1.165) is 24.8 Å². The molecular weight excluding hydrogens is 448 g/mol. The topological polar surface area (TPSA) is 111 Å². The van der Waals surface area contributed by atoms with E-state index in [1.54, 1.807) is 37.1 Å². The van der Waals surface area contributed by atoms with Crippen LogP contribution in [0.15, 0.2) is 35.4 Å². The Morgan fingerprint density at radius 3 is 2.63 bits per heavy atom. The van der Waals surface area contributed by atoms with Crippen LogP contribution in [-0.4, -0.2) is 69.8 Å². The third kappa shape index (κ3) is 5.76. The molecule has 1 amide bonds. The van der Waals surface area contributed by atoms with Gasteiger partial charge in [-0.2, -0.15) is 0 Å². The number of hydrogen-bond donors (Lipinski definition) is 1. The number of likely N-dealkylation sites (tertiary alicyclic amines) is 1. The first kappa shape index (κ1) is 24.6. The summed E-state index contributed by atoms with van der Waals surface area (Å²) in [5, 5.41) is 3.33. The van der Waals surface area contributed by atoms with Crippen LogP contribution < -0.4 is 15.6 Å². The van der Waals surface area contributed by atoms with E-state index < -0.39 is 0 Å². The molecule has 0 aromatic carbocycles. The van der Waals surface area contributed by atoms with Crippen molar-refractivity contribution in [2.24, 2.45) is 0 Å². The molecule has 1 aliphatic rings. The highest BCUT2D eigenvalue weighted by molar-refractivity contribution is 5.80. The number of anilines is 1. The zero-order chi connectivity index (χ0) is 24.8. The third-order valence-electron chi connectivity index (χ3n) is 6.16. The Bertz CT molecular complexity index is 1220. The van der Waals surface area contributed by atoms with Crippen LogP contribution in [0.25, 0.3) is 22.3 Å². The van der Waals surface area contributed by atoms with Gasteiger partial charge in [-0.3, -0.25) is 14.6 Å². The Hall–Kier alpha value is -3.53. The molecule has 3 aromatic heterocycles. The number of ether oxygens (including phenoxy) is 2. The predicted octanol–water partition coefficient (Wildman–Crippen LogP) is 2.71. The van der Waals surface area contributed by atoms with Gasteiger partial charge in [-0.15, -0.1) is 0 Å². The summed E-state index contributed by atoms with van der Waals surface area (Å²) in [6, 6.07) is 5.59. The van der Waals surface area contributed by atoms with Crippen LogP contribution in [0.3, 0.4) is 0 Å². The summed E-state index contributed by atoms with van der Waals surface area (Å²) in [5.74, 6) is 0.900. The van der Waals surface area contributed by atoms with Gasteiger partial charge in [-0.05, 0) is 31.4 Å². The number of amides is 1. The number of pyridine rings is 2. The van der Waals surface area contributed by atoms with Gasteiger partial charge in [0.2, 0.25) is 11.8 Å². The quantitative estimate of drug-likeness (QED) is 0.466. The number of carbonyl (C=O) groups excluding carboxylic acids is 1. The zero-order valence-corrected chi connectivity index (χ0v) is 20.5. The second kappa shape index (κ2) is 11.3. The summed E-state index contributed by atoms with van der Waals surface area (Å²) in [6.45, 7) is 6.43. The highest BCUT2D eigenvalue weighted by atomic mass is 16.5. The van der Waals surface area contributed by atoms with Crippen molar-refractivity contribution in [1.29, 1.82) is 0 Å². The van der Waals surface area contributed by atoms with Crippen molar-refractivity contribution in [2.45, 2.75) is 45.7 Å². The number of hydrogen-bond acceptors (Lipinski definition) is 8. The fourth-order valence-electron chi connectivity index (χ4n) is 4.21. The van der Waals surface area contributed by atoms with Crippen LogP contribution in [-0.2, 0) is 16.1 Å². The van der Waals surface area contributed by atoms with Gasteiger partial charge >= 0.3 is 0 Å². The third-order valence-corrected chi connectivity index (χ3v) is 6.16. The minimum absolute atomic E-state index is 0.0747. The van der Waals surface area contributed by atoms with Crippen molar-refractivity contribution in [1.82, 2.24) is 24.4 Å². The van der Waals surface area contributed by atoms with Gasteiger partial charge in [0.25, 0.3) is 5.56 Å². The highest BCUT2D eigenvalue weighted by Gasteiger charge is 2.22. The molecular formula is C25H32N6O4. The molecule has 35 heavy (non-hydrogen) atoms. The zero-order valence-electron chi connectivity index (χ0n) is 20.5. The van der Waals surface area contributed by atoms with Gasteiger partial charge in [0.15, 0.2) is 5.82 Å². The fourth-order valence-corrected chi connectivity index (χ4v) is 4.21. The van der Waals surface area contributed by atoms with Crippen molar-refractivity contribution < 1.29 is 14.3 Å². The first-order valence-corrected chi connectivity index (χ1v) is 12.0. The molecule has 0 atom stereocenters. The van der Waals surface area contributed by atoms with E-state index in [-0.39, 0.29) is 17.5 Å². The molecule has 10 heteroatoms. The molecule has 4 heterocycles. The van der Waals surface area contributed by atoms with Gasteiger partial charge in [0, 0.05) is 57.0 Å². The normalized spacial score (nSPS) is 14.3. The van der Waals surface area contributed by atoms with Crippen LogP contribution in [0.4, 0.5) is 5.82 Å². The summed E-state index contributed by atoms with van der Waals surface area (Å²) < 4.78 is 12.5. The van der Waals surface area contributed by atoms with E-state index in [0.29, 0.717) is 61.3 Å². The van der Waals surface area contributed by atoms with Gasteiger partial charge in [0.05, 0.1) is 31.1 Å².